The van der Waals surface area contributed by atoms with E-state index in [1.165, 1.54) is 22.3 Å². The van der Waals surface area contributed by atoms with Crippen LogP contribution in [0.2, 0.25) is 0 Å². The van der Waals surface area contributed by atoms with Crippen molar-refractivity contribution in [2.75, 3.05) is 13.1 Å². The van der Waals surface area contributed by atoms with E-state index in [1.807, 2.05) is 0 Å². The Balaban J connectivity index is 2.57. The molecule has 112 valence electrons. The molecule has 1 nitrogen and oxygen atoms in total. The fourth-order valence-corrected chi connectivity index (χ4v) is 3.10. The van der Waals surface area contributed by atoms with Crippen LogP contribution in [0.4, 0.5) is 0 Å². The molecule has 0 bridgehead atoms. The zero-order valence-corrected chi connectivity index (χ0v) is 13.8. The van der Waals surface area contributed by atoms with Gasteiger partial charge in [0.1, 0.15) is 0 Å². The number of hydrogen-bond donors (Lipinski definition) is 0. The molecule has 0 spiro atoms. The van der Waals surface area contributed by atoms with Gasteiger partial charge in [0, 0.05) is 0 Å². The quantitative estimate of drug-likeness (QED) is 0.721. The molecular weight excluding hydrogens is 254 g/mol. The van der Waals surface area contributed by atoms with Gasteiger partial charge in [-0.1, -0.05) is 74.9 Å². The lowest BCUT2D eigenvalue weighted by Crippen LogP contribution is -2.30. The third-order valence-electron chi connectivity index (χ3n) is 4.27. The Bertz CT molecular complexity index is 555. The zero-order chi connectivity index (χ0) is 15.2. The summed E-state index contributed by atoms with van der Waals surface area (Å²) in [6, 6.07) is 18.2. The molecule has 0 aliphatic heterocycles. The molecule has 0 aromatic heterocycles. The Labute approximate surface area is 129 Å². The first-order valence-corrected chi connectivity index (χ1v) is 8.09. The zero-order valence-electron chi connectivity index (χ0n) is 13.8. The molecule has 2 aromatic carbocycles. The number of nitrogens with zero attached hydrogens (tertiary/aromatic N) is 1. The van der Waals surface area contributed by atoms with Crippen LogP contribution in [0.3, 0.4) is 0 Å². The number of hydrogen-bond acceptors (Lipinski definition) is 1. The minimum Gasteiger partial charge on any atom is -0.293 e. The lowest BCUT2D eigenvalue weighted by atomic mass is 9.90. The molecule has 0 saturated heterocycles. The molecule has 21 heavy (non-hydrogen) atoms. The standard InChI is InChI=1S/C20H27N/c1-5-17-14-13-16(4)15-19(17)20(21(6-2)7-3)18-11-9-8-10-12-18/h8-15,20H,5-7H2,1-4H3. The maximum atomic E-state index is 2.54. The molecule has 1 atom stereocenters. The third-order valence-corrected chi connectivity index (χ3v) is 4.27. The van der Waals surface area contributed by atoms with Gasteiger partial charge in [-0.15, -0.1) is 0 Å². The highest BCUT2D eigenvalue weighted by molar-refractivity contribution is 5.40. The van der Waals surface area contributed by atoms with Gasteiger partial charge < -0.3 is 0 Å². The first kappa shape index (κ1) is 15.8. The summed E-state index contributed by atoms with van der Waals surface area (Å²) in [6.45, 7) is 11.1. The van der Waals surface area contributed by atoms with Gasteiger partial charge in [-0.2, -0.15) is 0 Å². The van der Waals surface area contributed by atoms with E-state index in [1.54, 1.807) is 0 Å². The van der Waals surface area contributed by atoms with Crippen LogP contribution in [0.5, 0.6) is 0 Å². The van der Waals surface area contributed by atoms with E-state index < -0.39 is 0 Å². The van der Waals surface area contributed by atoms with E-state index in [2.05, 4.69) is 81.1 Å². The Morgan fingerprint density at radius 3 is 2.14 bits per heavy atom. The fourth-order valence-electron chi connectivity index (χ4n) is 3.10. The van der Waals surface area contributed by atoms with Crippen molar-refractivity contribution in [2.24, 2.45) is 0 Å². The second-order valence-electron chi connectivity index (χ2n) is 5.59. The summed E-state index contributed by atoms with van der Waals surface area (Å²) in [6.07, 6.45) is 1.08. The molecule has 0 fully saturated rings. The summed E-state index contributed by atoms with van der Waals surface area (Å²) in [5.41, 5.74) is 5.66. The average molecular weight is 281 g/mol. The topological polar surface area (TPSA) is 3.24 Å². The minimum atomic E-state index is 0.357. The van der Waals surface area contributed by atoms with Gasteiger partial charge in [0.05, 0.1) is 6.04 Å². The maximum absolute atomic E-state index is 2.54. The summed E-state index contributed by atoms with van der Waals surface area (Å²) >= 11 is 0. The fraction of sp³-hybridized carbons (Fsp3) is 0.400. The van der Waals surface area contributed by atoms with Crippen LogP contribution in [-0.4, -0.2) is 18.0 Å². The van der Waals surface area contributed by atoms with Crippen molar-refractivity contribution in [1.29, 1.82) is 0 Å². The van der Waals surface area contributed by atoms with Crippen molar-refractivity contribution >= 4 is 0 Å². The largest absolute Gasteiger partial charge is 0.293 e. The first-order chi connectivity index (χ1) is 10.2. The molecule has 0 amide bonds. The molecular formula is C20H27N. The number of benzene rings is 2. The SMILES string of the molecule is CCc1ccc(C)cc1C(c1ccccc1)N(CC)CC. The van der Waals surface area contributed by atoms with Crippen molar-refractivity contribution in [1.82, 2.24) is 4.90 Å². The lowest BCUT2D eigenvalue weighted by molar-refractivity contribution is 0.249. The Morgan fingerprint density at radius 1 is 0.905 bits per heavy atom. The summed E-state index contributed by atoms with van der Waals surface area (Å²) in [7, 11) is 0. The van der Waals surface area contributed by atoms with E-state index in [4.69, 9.17) is 0 Å². The molecule has 2 aromatic rings. The predicted octanol–water partition coefficient (Wildman–Crippen LogP) is 4.99. The van der Waals surface area contributed by atoms with Crippen LogP contribution < -0.4 is 0 Å². The molecule has 0 aliphatic carbocycles. The van der Waals surface area contributed by atoms with Crippen molar-refractivity contribution in [3.05, 3.63) is 70.8 Å². The average Bonchev–Trinajstić information content (AvgIpc) is 2.53. The highest BCUT2D eigenvalue weighted by Crippen LogP contribution is 2.31. The summed E-state index contributed by atoms with van der Waals surface area (Å²) in [5, 5.41) is 0. The van der Waals surface area contributed by atoms with E-state index in [0.717, 1.165) is 19.5 Å². The molecule has 1 unspecified atom stereocenters. The second kappa shape index (κ2) is 7.42. The lowest BCUT2D eigenvalue weighted by Gasteiger charge is -2.32. The van der Waals surface area contributed by atoms with Gasteiger partial charge in [0.2, 0.25) is 0 Å². The first-order valence-electron chi connectivity index (χ1n) is 8.09. The molecule has 0 saturated carbocycles. The smallest absolute Gasteiger partial charge is 0.0604 e. The monoisotopic (exact) mass is 281 g/mol. The molecule has 0 N–H and O–H groups in total. The van der Waals surface area contributed by atoms with Crippen LogP contribution in [0.25, 0.3) is 0 Å². The molecule has 2 rings (SSSR count). The van der Waals surface area contributed by atoms with Crippen LogP contribution in [0.15, 0.2) is 48.5 Å². The minimum absolute atomic E-state index is 0.357. The van der Waals surface area contributed by atoms with Gasteiger partial charge in [-0.3, -0.25) is 4.90 Å². The van der Waals surface area contributed by atoms with Crippen molar-refractivity contribution in [2.45, 2.75) is 40.2 Å². The van der Waals surface area contributed by atoms with E-state index in [-0.39, 0.29) is 0 Å². The summed E-state index contributed by atoms with van der Waals surface area (Å²) in [4.78, 5) is 2.54. The molecule has 0 aliphatic rings. The van der Waals surface area contributed by atoms with Crippen LogP contribution in [-0.2, 0) is 6.42 Å². The van der Waals surface area contributed by atoms with Gasteiger partial charge in [-0.25, -0.2) is 0 Å². The third kappa shape index (κ3) is 3.54. The van der Waals surface area contributed by atoms with E-state index in [9.17, 15) is 0 Å². The number of aryl methyl sites for hydroxylation is 2. The number of rotatable bonds is 6. The van der Waals surface area contributed by atoms with Crippen molar-refractivity contribution in [3.8, 4) is 0 Å². The van der Waals surface area contributed by atoms with Crippen LogP contribution >= 0.6 is 0 Å². The highest BCUT2D eigenvalue weighted by atomic mass is 15.1. The Hall–Kier alpha value is -1.60. The van der Waals surface area contributed by atoms with Crippen molar-refractivity contribution < 1.29 is 0 Å². The van der Waals surface area contributed by atoms with E-state index in [0.29, 0.717) is 6.04 Å². The van der Waals surface area contributed by atoms with Gasteiger partial charge in [0.25, 0.3) is 0 Å². The van der Waals surface area contributed by atoms with Gasteiger partial charge in [0.15, 0.2) is 0 Å². The van der Waals surface area contributed by atoms with Crippen LogP contribution in [0, 0.1) is 6.92 Å². The maximum Gasteiger partial charge on any atom is 0.0604 e. The summed E-state index contributed by atoms with van der Waals surface area (Å²) < 4.78 is 0. The molecule has 0 radical (unpaired) electrons. The van der Waals surface area contributed by atoms with Gasteiger partial charge >= 0.3 is 0 Å². The normalized spacial score (nSPS) is 12.6. The van der Waals surface area contributed by atoms with Gasteiger partial charge in [-0.05, 0) is 43.1 Å². The van der Waals surface area contributed by atoms with Crippen LogP contribution in [0.1, 0.15) is 49.1 Å². The van der Waals surface area contributed by atoms with E-state index >= 15 is 0 Å². The molecule has 0 heterocycles. The molecule has 1 heteroatoms. The Kier molecular flexibility index (Phi) is 5.58. The predicted molar refractivity (Wildman–Crippen MR) is 91.8 cm³/mol. The summed E-state index contributed by atoms with van der Waals surface area (Å²) in [5.74, 6) is 0. The second-order valence-corrected chi connectivity index (χ2v) is 5.59. The van der Waals surface area contributed by atoms with Crippen molar-refractivity contribution in [3.63, 3.8) is 0 Å². The highest BCUT2D eigenvalue weighted by Gasteiger charge is 2.22. The Morgan fingerprint density at radius 2 is 1.57 bits per heavy atom.